The van der Waals surface area contributed by atoms with E-state index in [4.69, 9.17) is 0 Å². The molecular weight excluding hydrogens is 244 g/mol. The first-order valence-corrected chi connectivity index (χ1v) is 7.90. The van der Waals surface area contributed by atoms with Crippen LogP contribution in [-0.2, 0) is 6.54 Å². The van der Waals surface area contributed by atoms with Crippen LogP contribution in [0.4, 0.5) is 0 Å². The molecule has 2 heteroatoms. The molecule has 1 N–H and O–H groups in total. The Balaban J connectivity index is 1.77. The molecule has 1 aliphatic heterocycles. The van der Waals surface area contributed by atoms with E-state index >= 15 is 0 Å². The van der Waals surface area contributed by atoms with E-state index in [0.717, 1.165) is 25.4 Å². The summed E-state index contributed by atoms with van der Waals surface area (Å²) < 4.78 is 2.50. The van der Waals surface area contributed by atoms with E-state index in [1.807, 2.05) is 0 Å². The predicted octanol–water partition coefficient (Wildman–Crippen LogP) is 3.82. The minimum Gasteiger partial charge on any atom is -0.347 e. The molecule has 20 heavy (non-hydrogen) atoms. The number of nitrogens with one attached hydrogen (secondary N) is 1. The van der Waals surface area contributed by atoms with E-state index in [1.165, 1.54) is 47.8 Å². The second-order valence-corrected chi connectivity index (χ2v) is 6.19. The Hall–Kier alpha value is -1.54. The van der Waals surface area contributed by atoms with Crippen molar-refractivity contribution in [3.63, 3.8) is 0 Å². The van der Waals surface area contributed by atoms with Gasteiger partial charge in [-0.2, -0.15) is 0 Å². The van der Waals surface area contributed by atoms with E-state index in [2.05, 4.69) is 46.4 Å². The Bertz CT molecular complexity index is 646. The molecule has 4 rings (SSSR count). The van der Waals surface area contributed by atoms with E-state index in [9.17, 15) is 0 Å². The number of benzene rings is 1. The van der Waals surface area contributed by atoms with Gasteiger partial charge in [0.1, 0.15) is 0 Å². The van der Waals surface area contributed by atoms with Crippen LogP contribution in [0.2, 0.25) is 0 Å². The first-order chi connectivity index (χ1) is 9.92. The summed E-state index contributed by atoms with van der Waals surface area (Å²) >= 11 is 0. The highest BCUT2D eigenvalue weighted by molar-refractivity contribution is 5.93. The van der Waals surface area contributed by atoms with Gasteiger partial charge in [-0.05, 0) is 43.4 Å². The zero-order valence-corrected chi connectivity index (χ0v) is 11.9. The summed E-state index contributed by atoms with van der Waals surface area (Å²) in [5, 5.41) is 4.84. The molecule has 1 fully saturated rings. The van der Waals surface area contributed by atoms with Crippen molar-refractivity contribution in [1.29, 1.82) is 0 Å². The zero-order chi connectivity index (χ0) is 13.4. The first kappa shape index (κ1) is 12.2. The number of hydrogen-bond acceptors (Lipinski definition) is 1. The van der Waals surface area contributed by atoms with Crippen molar-refractivity contribution >= 4 is 16.5 Å². The Morgan fingerprint density at radius 2 is 2.10 bits per heavy atom. The monoisotopic (exact) mass is 266 g/mol. The fourth-order valence-electron chi connectivity index (χ4n) is 3.47. The lowest BCUT2D eigenvalue weighted by Gasteiger charge is -2.26. The molecule has 1 saturated carbocycles. The first-order valence-electron chi connectivity index (χ1n) is 7.90. The molecule has 104 valence electrons. The molecule has 2 nitrogen and oxygen atoms in total. The number of para-hydroxylation sites is 1. The molecule has 0 atom stereocenters. The van der Waals surface area contributed by atoms with Crippen LogP contribution in [0, 0.1) is 5.92 Å². The number of nitrogens with zero attached hydrogens (tertiary/aromatic N) is 1. The number of aromatic nitrogens is 1. The molecule has 0 spiro atoms. The second-order valence-electron chi connectivity index (χ2n) is 6.19. The van der Waals surface area contributed by atoms with Crippen molar-refractivity contribution in [3.05, 3.63) is 42.1 Å². The fourth-order valence-corrected chi connectivity index (χ4v) is 3.47. The topological polar surface area (TPSA) is 17.0 Å². The van der Waals surface area contributed by atoms with Crippen molar-refractivity contribution in [3.8, 4) is 0 Å². The van der Waals surface area contributed by atoms with Gasteiger partial charge in [0.05, 0.1) is 0 Å². The Morgan fingerprint density at radius 3 is 2.85 bits per heavy atom. The van der Waals surface area contributed by atoms with Gasteiger partial charge >= 0.3 is 0 Å². The summed E-state index contributed by atoms with van der Waals surface area (Å²) in [6, 6.07) is 8.89. The lowest BCUT2D eigenvalue weighted by atomic mass is 9.85. The highest BCUT2D eigenvalue weighted by atomic mass is 15.0. The van der Waals surface area contributed by atoms with Crippen molar-refractivity contribution in [1.82, 2.24) is 9.88 Å². The Morgan fingerprint density at radius 1 is 1.20 bits per heavy atom. The second kappa shape index (κ2) is 5.10. The van der Waals surface area contributed by atoms with Gasteiger partial charge in [0.2, 0.25) is 0 Å². The van der Waals surface area contributed by atoms with Crippen molar-refractivity contribution in [2.45, 2.75) is 32.2 Å². The largest absolute Gasteiger partial charge is 0.347 e. The number of hydrogen-bond donors (Lipinski definition) is 1. The van der Waals surface area contributed by atoms with Gasteiger partial charge in [-0.25, -0.2) is 0 Å². The number of rotatable bonds is 3. The maximum absolute atomic E-state index is 3.41. The molecule has 1 aromatic carbocycles. The molecule has 2 heterocycles. The molecule has 2 aliphatic rings. The standard InChI is InChI=1S/C18H22N2/c1-2-7-18-16(6-1)17(15-8-10-19-11-9-15)13-20(18)12-14-4-3-5-14/h1-2,6-8,13-14,19H,3-5,9-12H2. The van der Waals surface area contributed by atoms with Gasteiger partial charge in [0.25, 0.3) is 0 Å². The summed E-state index contributed by atoms with van der Waals surface area (Å²) in [5.41, 5.74) is 4.39. The quantitative estimate of drug-likeness (QED) is 0.893. The SMILES string of the molecule is C1=C(c2cn(CC3CCC3)c3ccccc23)CCNC1. The summed E-state index contributed by atoms with van der Waals surface area (Å²) in [7, 11) is 0. The van der Waals surface area contributed by atoms with E-state index in [0.29, 0.717) is 0 Å². The molecule has 1 aliphatic carbocycles. The number of fused-ring (bicyclic) bond motifs is 1. The van der Waals surface area contributed by atoms with Gasteiger partial charge in [0.15, 0.2) is 0 Å². The van der Waals surface area contributed by atoms with Gasteiger partial charge in [-0.1, -0.05) is 30.7 Å². The van der Waals surface area contributed by atoms with Crippen LogP contribution in [0.25, 0.3) is 16.5 Å². The Labute approximate surface area is 120 Å². The molecule has 1 aromatic heterocycles. The van der Waals surface area contributed by atoms with Crippen LogP contribution in [0.5, 0.6) is 0 Å². The smallest absolute Gasteiger partial charge is 0.0486 e. The van der Waals surface area contributed by atoms with Crippen molar-refractivity contribution < 1.29 is 0 Å². The third-order valence-corrected chi connectivity index (χ3v) is 4.88. The zero-order valence-electron chi connectivity index (χ0n) is 11.9. The van der Waals surface area contributed by atoms with Gasteiger partial charge in [0, 0.05) is 35.8 Å². The van der Waals surface area contributed by atoms with Gasteiger partial charge in [-0.3, -0.25) is 0 Å². The van der Waals surface area contributed by atoms with E-state index in [1.54, 1.807) is 0 Å². The third-order valence-electron chi connectivity index (χ3n) is 4.88. The fraction of sp³-hybridized carbons (Fsp3) is 0.444. The maximum atomic E-state index is 3.41. The molecule has 0 amide bonds. The van der Waals surface area contributed by atoms with Crippen LogP contribution in [0.15, 0.2) is 36.5 Å². The van der Waals surface area contributed by atoms with Gasteiger partial charge < -0.3 is 9.88 Å². The highest BCUT2D eigenvalue weighted by Gasteiger charge is 2.20. The average molecular weight is 266 g/mol. The summed E-state index contributed by atoms with van der Waals surface area (Å²) in [6.45, 7) is 3.32. The lowest BCUT2D eigenvalue weighted by Crippen LogP contribution is -2.20. The summed E-state index contributed by atoms with van der Waals surface area (Å²) in [5.74, 6) is 0.903. The lowest BCUT2D eigenvalue weighted by molar-refractivity contribution is 0.280. The van der Waals surface area contributed by atoms with Gasteiger partial charge in [-0.15, -0.1) is 0 Å². The minimum atomic E-state index is 0.903. The van der Waals surface area contributed by atoms with E-state index < -0.39 is 0 Å². The maximum Gasteiger partial charge on any atom is 0.0486 e. The third kappa shape index (κ3) is 2.08. The highest BCUT2D eigenvalue weighted by Crippen LogP contribution is 2.33. The molecule has 0 saturated heterocycles. The summed E-state index contributed by atoms with van der Waals surface area (Å²) in [4.78, 5) is 0. The van der Waals surface area contributed by atoms with Crippen LogP contribution < -0.4 is 5.32 Å². The molecule has 0 unspecified atom stereocenters. The molecular formula is C18H22N2. The van der Waals surface area contributed by atoms with Crippen LogP contribution in [0.3, 0.4) is 0 Å². The molecule has 2 aromatic rings. The van der Waals surface area contributed by atoms with Crippen molar-refractivity contribution in [2.24, 2.45) is 5.92 Å². The van der Waals surface area contributed by atoms with Crippen LogP contribution >= 0.6 is 0 Å². The molecule has 0 bridgehead atoms. The predicted molar refractivity (Wildman–Crippen MR) is 84.7 cm³/mol. The van der Waals surface area contributed by atoms with E-state index in [-0.39, 0.29) is 0 Å². The Kier molecular flexibility index (Phi) is 3.12. The normalized spacial score (nSPS) is 19.9. The minimum absolute atomic E-state index is 0.903. The molecule has 0 radical (unpaired) electrons. The summed E-state index contributed by atoms with van der Waals surface area (Å²) in [6.07, 6.45) is 10.2. The van der Waals surface area contributed by atoms with Crippen LogP contribution in [0.1, 0.15) is 31.2 Å². The average Bonchev–Trinajstić information content (AvgIpc) is 2.83. The van der Waals surface area contributed by atoms with Crippen LogP contribution in [-0.4, -0.2) is 17.7 Å². The van der Waals surface area contributed by atoms with Crippen molar-refractivity contribution in [2.75, 3.05) is 13.1 Å².